The molecule has 0 bridgehead atoms. The number of allylic oxidation sites excluding steroid dienone is 4. The first-order chi connectivity index (χ1) is 27.6. The van der Waals surface area contributed by atoms with E-state index in [-0.39, 0.29) is 10.8 Å². The molecule has 0 spiro atoms. The Bertz CT molecular complexity index is 2550. The maximum absolute atomic E-state index is 2.93. The summed E-state index contributed by atoms with van der Waals surface area (Å²) >= 11 is -2.93. The number of fused-ring (bicyclic) bond motifs is 3. The molecular weight excluding hydrogens is 776 g/mol. The van der Waals surface area contributed by atoms with Crippen molar-refractivity contribution in [2.75, 3.05) is 0 Å². The molecule has 58 heavy (non-hydrogen) atoms. The fraction of sp³-hybridized carbons (Fsp3) is 0.281. The molecule has 0 heterocycles. The molecule has 0 fully saturated rings. The average molecular weight is 836 g/mol. The molecule has 6 aromatic carbocycles. The van der Waals surface area contributed by atoms with Gasteiger partial charge >= 0.3 is 359 Å². The molecule has 0 aliphatic heterocycles. The third-order valence-electron chi connectivity index (χ3n) is 12.2. The average Bonchev–Trinajstić information content (AvgIpc) is 3.82. The van der Waals surface area contributed by atoms with Crippen LogP contribution in [0.15, 0.2) is 137 Å². The first kappa shape index (κ1) is 40.3. The Morgan fingerprint density at radius 3 is 1.57 bits per heavy atom. The Balaban J connectivity index is 1.52. The Kier molecular flexibility index (Phi) is 11.1. The first-order valence-electron chi connectivity index (χ1n) is 21.4. The first-order valence-corrected chi connectivity index (χ1v) is 25.0. The van der Waals surface area contributed by atoms with Gasteiger partial charge in [-0.2, -0.15) is 0 Å². The van der Waals surface area contributed by atoms with Gasteiger partial charge in [0.1, 0.15) is 0 Å². The molecule has 2 aliphatic carbocycles. The summed E-state index contributed by atoms with van der Waals surface area (Å²) in [4.78, 5) is 0. The molecule has 0 nitrogen and oxygen atoms in total. The molecule has 0 unspecified atom stereocenters. The SMILES string of the molecule is Cc1cc(C)cc(-c2cc3c(cc2C(C)(C)C)-c2cc(C(C)(C)C)c(-c4cc(C)cc(C)c4)[c]([Zr]([C]4=CC=CC4)=[C](Cc4ccccc4)Cc4ccccc4)c2C3)c1. The van der Waals surface area contributed by atoms with Crippen LogP contribution in [0.3, 0.4) is 0 Å². The molecule has 0 N–H and O–H groups in total. The van der Waals surface area contributed by atoms with Gasteiger partial charge in [-0.25, -0.2) is 0 Å². The van der Waals surface area contributed by atoms with Gasteiger partial charge in [-0.15, -0.1) is 0 Å². The second kappa shape index (κ2) is 16.0. The summed E-state index contributed by atoms with van der Waals surface area (Å²) in [6.07, 6.45) is 11.4. The topological polar surface area (TPSA) is 0 Å². The van der Waals surface area contributed by atoms with Crippen LogP contribution in [-0.4, -0.2) is 3.21 Å². The number of benzene rings is 6. The van der Waals surface area contributed by atoms with Crippen molar-refractivity contribution in [3.05, 3.63) is 192 Å². The fourth-order valence-corrected chi connectivity index (χ4v) is 18.5. The van der Waals surface area contributed by atoms with Crippen LogP contribution in [0.5, 0.6) is 0 Å². The number of hydrogen-bond donors (Lipinski definition) is 0. The second-order valence-electron chi connectivity index (χ2n) is 19.3. The minimum absolute atomic E-state index is 0.0208. The molecule has 0 aromatic heterocycles. The molecule has 0 saturated heterocycles. The zero-order valence-corrected chi connectivity index (χ0v) is 39.0. The van der Waals surface area contributed by atoms with Crippen molar-refractivity contribution in [1.29, 1.82) is 0 Å². The molecule has 1 heteroatoms. The van der Waals surface area contributed by atoms with Crippen LogP contribution in [0.25, 0.3) is 33.4 Å². The maximum atomic E-state index is 2.65. The number of hydrogen-bond acceptors (Lipinski definition) is 0. The quantitative estimate of drug-likeness (QED) is 0.143. The van der Waals surface area contributed by atoms with Crippen LogP contribution >= 0.6 is 0 Å². The third-order valence-corrected chi connectivity index (χ3v) is 19.9. The van der Waals surface area contributed by atoms with Crippen molar-refractivity contribution in [1.82, 2.24) is 0 Å². The molecule has 2 aliphatic rings. The van der Waals surface area contributed by atoms with Crippen molar-refractivity contribution in [2.45, 2.75) is 106 Å². The monoisotopic (exact) mass is 834 g/mol. The summed E-state index contributed by atoms with van der Waals surface area (Å²) < 4.78 is 5.18. The van der Waals surface area contributed by atoms with Crippen molar-refractivity contribution >= 4 is 6.48 Å². The summed E-state index contributed by atoms with van der Waals surface area (Å²) in [6, 6.07) is 44.9. The second-order valence-corrected chi connectivity index (χ2v) is 25.7. The molecule has 0 radical (unpaired) electrons. The summed E-state index contributed by atoms with van der Waals surface area (Å²) in [5.74, 6) is 0. The molecule has 292 valence electrons. The van der Waals surface area contributed by atoms with Crippen LogP contribution < -0.4 is 3.27 Å². The zero-order valence-electron chi connectivity index (χ0n) is 36.5. The van der Waals surface area contributed by atoms with Crippen molar-refractivity contribution in [3.63, 3.8) is 0 Å². The molecule has 8 rings (SSSR count). The number of aryl methyl sites for hydroxylation is 4. The Morgan fingerprint density at radius 1 is 0.552 bits per heavy atom. The van der Waals surface area contributed by atoms with Gasteiger partial charge < -0.3 is 0 Å². The van der Waals surface area contributed by atoms with Gasteiger partial charge in [-0.1, -0.05) is 0 Å². The molecular formula is C57H60Zr. The van der Waals surface area contributed by atoms with Crippen LogP contribution in [0.2, 0.25) is 0 Å². The van der Waals surface area contributed by atoms with E-state index in [1.165, 1.54) is 83.5 Å². The van der Waals surface area contributed by atoms with E-state index in [1.54, 1.807) is 15.3 Å². The van der Waals surface area contributed by atoms with E-state index in [1.807, 2.05) is 0 Å². The van der Waals surface area contributed by atoms with Gasteiger partial charge in [-0.05, 0) is 0 Å². The summed E-state index contributed by atoms with van der Waals surface area (Å²) in [5, 5.41) is 0. The van der Waals surface area contributed by atoms with Crippen LogP contribution in [0.1, 0.15) is 104 Å². The standard InChI is InChI=1S/C37H41.C15H14.C5H5.Zr/c1-22-11-23(2)14-26(13-22)32-18-28-17-29-19-33(27-15-24(3)12-25(4)16-27)35(37(8,9)10)21-31(29)30(28)20-34(32)36(5,6)7;1-3-8-14(9-4-1)12-7-13-15-10-5-2-6-11-15;1-2-4-5-3-1;/h11-16,18,20-21H,17H2,1-10H3;1-6,8-11H,12-13H2;1-3H,4H2;. The van der Waals surface area contributed by atoms with Gasteiger partial charge in [0, 0.05) is 0 Å². The third kappa shape index (κ3) is 8.23. The molecule has 0 atom stereocenters. The summed E-state index contributed by atoms with van der Waals surface area (Å²) in [6.45, 7) is 23.6. The van der Waals surface area contributed by atoms with Crippen LogP contribution in [0.4, 0.5) is 0 Å². The number of rotatable bonds is 8. The predicted molar refractivity (Wildman–Crippen MR) is 249 cm³/mol. The van der Waals surface area contributed by atoms with E-state index < -0.39 is 21.3 Å². The molecule has 0 saturated carbocycles. The Labute approximate surface area is 357 Å². The fourth-order valence-electron chi connectivity index (χ4n) is 9.78. The normalized spacial score (nSPS) is 13.4. The van der Waals surface area contributed by atoms with Gasteiger partial charge in [0.2, 0.25) is 0 Å². The van der Waals surface area contributed by atoms with Crippen molar-refractivity contribution in [3.8, 4) is 33.4 Å². The van der Waals surface area contributed by atoms with E-state index >= 15 is 0 Å². The van der Waals surface area contributed by atoms with Gasteiger partial charge in [0.05, 0.1) is 0 Å². The van der Waals surface area contributed by atoms with E-state index in [2.05, 4.69) is 203 Å². The molecule has 6 aromatic rings. The van der Waals surface area contributed by atoms with Gasteiger partial charge in [0.15, 0.2) is 0 Å². The Hall–Kier alpha value is -4.45. The van der Waals surface area contributed by atoms with Gasteiger partial charge in [0.25, 0.3) is 0 Å². The van der Waals surface area contributed by atoms with E-state index in [9.17, 15) is 0 Å². The van der Waals surface area contributed by atoms with Crippen molar-refractivity contribution in [2.24, 2.45) is 0 Å². The summed E-state index contributed by atoms with van der Waals surface area (Å²) in [5.41, 5.74) is 22.6. The zero-order chi connectivity index (χ0) is 40.9. The van der Waals surface area contributed by atoms with Crippen LogP contribution in [0, 0.1) is 27.7 Å². The minimum atomic E-state index is -2.93. The van der Waals surface area contributed by atoms with Crippen molar-refractivity contribution < 1.29 is 21.3 Å². The Morgan fingerprint density at radius 2 is 1.07 bits per heavy atom. The molecule has 0 amide bonds. The van der Waals surface area contributed by atoms with Crippen LogP contribution in [-0.2, 0) is 51.4 Å². The van der Waals surface area contributed by atoms with E-state index in [0.29, 0.717) is 0 Å². The van der Waals surface area contributed by atoms with Gasteiger partial charge in [-0.3, -0.25) is 0 Å². The van der Waals surface area contributed by atoms with E-state index in [0.717, 1.165) is 25.7 Å². The predicted octanol–water partition coefficient (Wildman–Crippen LogP) is 14.2. The van der Waals surface area contributed by atoms with E-state index in [4.69, 9.17) is 0 Å². The summed E-state index contributed by atoms with van der Waals surface area (Å²) in [7, 11) is 0.